The van der Waals surface area contributed by atoms with Crippen molar-refractivity contribution in [2.45, 2.75) is 39.2 Å². The van der Waals surface area contributed by atoms with Gasteiger partial charge in [-0.2, -0.15) is 5.26 Å². The molecule has 0 saturated carbocycles. The van der Waals surface area contributed by atoms with Gasteiger partial charge in [-0.15, -0.1) is 0 Å². The van der Waals surface area contributed by atoms with Gasteiger partial charge in [0, 0.05) is 28.4 Å². The van der Waals surface area contributed by atoms with E-state index >= 15 is 0 Å². The number of nitrogens with one attached hydrogen (secondary N) is 5. The Bertz CT molecular complexity index is 2210. The smallest absolute Gasteiger partial charge is 0.339 e. The minimum absolute atomic E-state index is 0.00827. The van der Waals surface area contributed by atoms with Crippen LogP contribution in [0.1, 0.15) is 74.5 Å². The van der Waals surface area contributed by atoms with Crippen LogP contribution in [0.3, 0.4) is 0 Å². The minimum Gasteiger partial charge on any atom is -0.504 e. The molecule has 0 radical (unpaired) electrons. The lowest BCUT2D eigenvalue weighted by Crippen LogP contribution is -2.43. The summed E-state index contributed by atoms with van der Waals surface area (Å²) in [5.41, 5.74) is 0.232. The molecule has 0 aliphatic carbocycles. The van der Waals surface area contributed by atoms with Gasteiger partial charge in [0.2, 0.25) is 11.8 Å². The molecule has 0 aromatic heterocycles. The number of phenols is 2. The minimum atomic E-state index is -1.42. The van der Waals surface area contributed by atoms with Gasteiger partial charge >= 0.3 is 5.97 Å². The van der Waals surface area contributed by atoms with E-state index in [1.54, 1.807) is 12.1 Å². The fraction of sp³-hybridized carbons (Fsp3) is 0.225. The Labute approximate surface area is 326 Å². The van der Waals surface area contributed by atoms with Crippen molar-refractivity contribution in [3.63, 3.8) is 0 Å². The number of aromatic carboxylic acids is 1. The van der Waals surface area contributed by atoms with Crippen LogP contribution >= 0.6 is 0 Å². The Morgan fingerprint density at radius 3 is 1.56 bits per heavy atom. The molecule has 0 heterocycles. The van der Waals surface area contributed by atoms with Gasteiger partial charge in [-0.3, -0.25) is 24.0 Å². The van der Waals surface area contributed by atoms with Crippen molar-refractivity contribution in [2.24, 2.45) is 5.92 Å². The summed E-state index contributed by atoms with van der Waals surface area (Å²) >= 11 is 0. The Balaban J connectivity index is 1.39. The Hall–Kier alpha value is -7.61. The normalized spacial score (nSPS) is 11.0. The van der Waals surface area contributed by atoms with E-state index in [0.29, 0.717) is 18.5 Å². The number of amides is 5. The monoisotopic (exact) mass is 780 g/mol. The number of rotatable bonds is 16. The van der Waals surface area contributed by atoms with E-state index < -0.39 is 52.7 Å². The number of carbonyl (C=O) groups is 6. The highest BCUT2D eigenvalue weighted by atomic mass is 16.5. The molecule has 0 bridgehead atoms. The van der Waals surface area contributed by atoms with Crippen molar-refractivity contribution in [1.82, 2.24) is 5.32 Å². The summed E-state index contributed by atoms with van der Waals surface area (Å²) in [6.45, 7) is 3.85. The van der Waals surface area contributed by atoms with Crippen LogP contribution in [-0.2, 0) is 9.59 Å². The summed E-state index contributed by atoms with van der Waals surface area (Å²) in [4.78, 5) is 76.0. The van der Waals surface area contributed by atoms with Crippen LogP contribution in [0, 0.1) is 17.2 Å². The summed E-state index contributed by atoms with van der Waals surface area (Å²) in [6, 6.07) is 17.1. The number of nitrogens with zero attached hydrogens (tertiary/aromatic N) is 1. The number of hydrogen-bond acceptors (Lipinski definition) is 11. The SMILES string of the molecule is CCC(CC)C(=O)Nc1ccc(C(=O)N[C@@H](CC#N)C(=O)Nc2ccc(C(=O)Nc3ccc(C(=O)Nc4ccc(C(=O)O)c(O)c4OC)c(O)c3OC)cc2)cc1. The highest BCUT2D eigenvalue weighted by molar-refractivity contribution is 6.10. The van der Waals surface area contributed by atoms with E-state index in [9.17, 15) is 49.3 Å². The van der Waals surface area contributed by atoms with Crippen molar-refractivity contribution in [2.75, 3.05) is 35.5 Å². The molecule has 296 valence electrons. The summed E-state index contributed by atoms with van der Waals surface area (Å²) in [5.74, 6) is -6.46. The summed E-state index contributed by atoms with van der Waals surface area (Å²) in [7, 11) is 2.36. The first-order chi connectivity index (χ1) is 27.3. The molecule has 17 heteroatoms. The van der Waals surface area contributed by atoms with Gasteiger partial charge in [0.15, 0.2) is 23.0 Å². The molecule has 0 aliphatic rings. The van der Waals surface area contributed by atoms with Gasteiger partial charge in [-0.1, -0.05) is 13.8 Å². The van der Waals surface area contributed by atoms with Gasteiger partial charge in [0.1, 0.15) is 11.6 Å². The molecular formula is C40H40N6O11. The summed E-state index contributed by atoms with van der Waals surface area (Å²) in [6.07, 6.45) is 1.04. The van der Waals surface area contributed by atoms with E-state index in [1.165, 1.54) is 61.7 Å². The number of nitriles is 1. The van der Waals surface area contributed by atoms with E-state index in [1.807, 2.05) is 19.9 Å². The van der Waals surface area contributed by atoms with Crippen molar-refractivity contribution in [1.29, 1.82) is 5.26 Å². The number of ether oxygens (including phenoxy) is 2. The quantitative estimate of drug-likeness (QED) is 0.0716. The predicted molar refractivity (Wildman–Crippen MR) is 208 cm³/mol. The molecule has 5 amide bonds. The molecule has 4 rings (SSSR count). The molecule has 4 aromatic rings. The average molecular weight is 781 g/mol. The zero-order valence-electron chi connectivity index (χ0n) is 31.3. The van der Waals surface area contributed by atoms with Crippen LogP contribution < -0.4 is 36.1 Å². The first-order valence-corrected chi connectivity index (χ1v) is 17.4. The van der Waals surface area contributed by atoms with Crippen molar-refractivity contribution in [3.05, 3.63) is 95.1 Å². The fourth-order valence-electron chi connectivity index (χ4n) is 5.58. The van der Waals surface area contributed by atoms with E-state index in [0.717, 1.165) is 13.2 Å². The zero-order valence-corrected chi connectivity index (χ0v) is 31.3. The first kappa shape index (κ1) is 42.1. The summed E-state index contributed by atoms with van der Waals surface area (Å²) < 4.78 is 10.3. The maximum Gasteiger partial charge on any atom is 0.339 e. The van der Waals surface area contributed by atoms with Crippen LogP contribution in [0.25, 0.3) is 0 Å². The van der Waals surface area contributed by atoms with Crippen LogP contribution in [-0.4, -0.2) is 71.1 Å². The lowest BCUT2D eigenvalue weighted by Gasteiger charge is -2.17. The van der Waals surface area contributed by atoms with Crippen LogP contribution in [0.5, 0.6) is 23.0 Å². The van der Waals surface area contributed by atoms with Crippen molar-refractivity contribution < 1.29 is 53.6 Å². The van der Waals surface area contributed by atoms with Crippen LogP contribution in [0.4, 0.5) is 22.7 Å². The number of methoxy groups -OCH3 is 2. The number of anilines is 4. The molecule has 4 aromatic carbocycles. The third-order valence-corrected chi connectivity index (χ3v) is 8.75. The second-order valence-electron chi connectivity index (χ2n) is 12.3. The second-order valence-corrected chi connectivity index (χ2v) is 12.3. The molecule has 0 fully saturated rings. The number of aromatic hydroxyl groups is 2. The number of carboxylic acids is 1. The Kier molecular flexibility index (Phi) is 14.1. The average Bonchev–Trinajstić information content (AvgIpc) is 3.18. The number of hydrogen-bond donors (Lipinski definition) is 8. The van der Waals surface area contributed by atoms with E-state index in [-0.39, 0.29) is 63.5 Å². The molecule has 0 aliphatic heterocycles. The lowest BCUT2D eigenvalue weighted by molar-refractivity contribution is -0.120. The van der Waals surface area contributed by atoms with E-state index in [4.69, 9.17) is 9.47 Å². The van der Waals surface area contributed by atoms with Gasteiger partial charge < -0.3 is 51.4 Å². The molecule has 8 N–H and O–H groups in total. The topological polar surface area (TPSA) is 266 Å². The third-order valence-electron chi connectivity index (χ3n) is 8.75. The Morgan fingerprint density at radius 1 is 0.632 bits per heavy atom. The van der Waals surface area contributed by atoms with Gasteiger partial charge in [0.25, 0.3) is 17.7 Å². The fourth-order valence-corrected chi connectivity index (χ4v) is 5.58. The van der Waals surface area contributed by atoms with E-state index in [2.05, 4.69) is 26.6 Å². The number of carbonyl (C=O) groups excluding carboxylic acids is 5. The first-order valence-electron chi connectivity index (χ1n) is 17.4. The number of carboxylic acid groups (broad SMARTS) is 1. The standard InChI is InChI=1S/C40H40N6O11/c1-5-21(6-2)35(49)42-24-11-7-23(8-12-24)37(51)46-30(19-20-41)39(53)43-25-13-9-22(10-14-25)36(50)44-28-17-15-26(31(47)33(28)56-3)38(52)45-29-18-16-27(40(54)55)32(48)34(29)57-4/h7-18,21,30,47-48H,5-6,19H2,1-4H3,(H,42,49)(H,43,53)(H,44,50)(H,45,52)(H,46,51)(H,54,55)/t30-/m0/s1. The van der Waals surface area contributed by atoms with Gasteiger partial charge in [0.05, 0.1) is 43.6 Å². The summed E-state index contributed by atoms with van der Waals surface area (Å²) in [5, 5.41) is 52.7. The molecule has 0 spiro atoms. The largest absolute Gasteiger partial charge is 0.504 e. The van der Waals surface area contributed by atoms with Gasteiger partial charge in [-0.05, 0) is 85.6 Å². The molecule has 17 nitrogen and oxygen atoms in total. The predicted octanol–water partition coefficient (Wildman–Crippen LogP) is 5.34. The third kappa shape index (κ3) is 10.1. The number of phenolic OH excluding ortho intramolecular Hbond substituents is 1. The second kappa shape index (κ2) is 19.1. The van der Waals surface area contributed by atoms with Crippen LogP contribution in [0.15, 0.2) is 72.8 Å². The zero-order chi connectivity index (χ0) is 41.8. The van der Waals surface area contributed by atoms with Gasteiger partial charge in [-0.25, -0.2) is 4.79 Å². The molecular weight excluding hydrogens is 740 g/mol. The number of benzene rings is 4. The highest BCUT2D eigenvalue weighted by Crippen LogP contribution is 2.40. The lowest BCUT2D eigenvalue weighted by atomic mass is 10.0. The maximum absolute atomic E-state index is 13.1. The Morgan fingerprint density at radius 2 is 1.09 bits per heavy atom. The maximum atomic E-state index is 13.1. The molecule has 0 unspecified atom stereocenters. The highest BCUT2D eigenvalue weighted by Gasteiger charge is 2.25. The molecule has 0 saturated heterocycles. The van der Waals surface area contributed by atoms with Crippen LogP contribution in [0.2, 0.25) is 0 Å². The molecule has 57 heavy (non-hydrogen) atoms. The van der Waals surface area contributed by atoms with Crippen molar-refractivity contribution in [3.8, 4) is 29.1 Å². The van der Waals surface area contributed by atoms with Crippen molar-refractivity contribution >= 4 is 58.3 Å². The molecule has 1 atom stereocenters.